The van der Waals surface area contributed by atoms with Crippen molar-refractivity contribution in [2.75, 3.05) is 26.0 Å². The van der Waals surface area contributed by atoms with E-state index in [9.17, 15) is 0 Å². The molecule has 1 aromatic heterocycles. The highest BCUT2D eigenvalue weighted by Crippen LogP contribution is 2.34. The molecule has 1 heterocycles. The van der Waals surface area contributed by atoms with Crippen molar-refractivity contribution in [3.63, 3.8) is 0 Å². The first-order chi connectivity index (χ1) is 8.52. The lowest BCUT2D eigenvalue weighted by Crippen LogP contribution is -2.13. The van der Waals surface area contributed by atoms with Crippen LogP contribution in [-0.2, 0) is 6.54 Å². The van der Waals surface area contributed by atoms with Crippen molar-refractivity contribution in [3.05, 3.63) is 33.9 Å². The lowest BCUT2D eigenvalue weighted by Gasteiger charge is -2.18. The van der Waals surface area contributed by atoms with Gasteiger partial charge in [-0.3, -0.25) is 4.98 Å². The van der Waals surface area contributed by atoms with Crippen LogP contribution in [-0.4, -0.2) is 26.1 Å². The van der Waals surface area contributed by atoms with Gasteiger partial charge in [-0.25, -0.2) is 0 Å². The van der Waals surface area contributed by atoms with E-state index in [1.165, 1.54) is 0 Å². The summed E-state index contributed by atoms with van der Waals surface area (Å²) in [5.41, 5.74) is 2.84. The lowest BCUT2D eigenvalue weighted by atomic mass is 10.1. The predicted molar refractivity (Wildman–Crippen MR) is 78.9 cm³/mol. The largest absolute Gasteiger partial charge is 0.377 e. The zero-order chi connectivity index (χ0) is 13.3. The predicted octanol–water partition coefficient (Wildman–Crippen LogP) is 3.33. The van der Waals surface area contributed by atoms with Gasteiger partial charge in [0, 0.05) is 36.7 Å². The Balaban J connectivity index is 2.76. The fourth-order valence-corrected chi connectivity index (χ4v) is 2.52. The number of benzene rings is 1. The number of halogens is 2. The van der Waals surface area contributed by atoms with Crippen LogP contribution in [0, 0.1) is 0 Å². The van der Waals surface area contributed by atoms with Crippen molar-refractivity contribution < 1.29 is 0 Å². The van der Waals surface area contributed by atoms with Crippen molar-refractivity contribution in [3.8, 4) is 0 Å². The summed E-state index contributed by atoms with van der Waals surface area (Å²) in [6.07, 6.45) is 0. The highest BCUT2D eigenvalue weighted by atomic mass is 35.5. The molecule has 2 rings (SSSR count). The molecule has 1 aromatic carbocycles. The van der Waals surface area contributed by atoms with Gasteiger partial charge >= 0.3 is 0 Å². The summed E-state index contributed by atoms with van der Waals surface area (Å²) in [5, 5.41) is 5.27. The van der Waals surface area contributed by atoms with Crippen molar-refractivity contribution in [2.45, 2.75) is 6.54 Å². The van der Waals surface area contributed by atoms with Gasteiger partial charge in [-0.1, -0.05) is 23.2 Å². The van der Waals surface area contributed by atoms with Crippen LogP contribution in [0.4, 0.5) is 5.69 Å². The summed E-state index contributed by atoms with van der Waals surface area (Å²) in [5.74, 6) is 0. The number of anilines is 1. The first kappa shape index (κ1) is 13.4. The van der Waals surface area contributed by atoms with Gasteiger partial charge in [-0.15, -0.1) is 0 Å². The van der Waals surface area contributed by atoms with E-state index in [2.05, 4.69) is 10.3 Å². The maximum Gasteiger partial charge on any atom is 0.0756 e. The fourth-order valence-electron chi connectivity index (χ4n) is 1.94. The van der Waals surface area contributed by atoms with Crippen LogP contribution in [0.3, 0.4) is 0 Å². The molecule has 0 saturated heterocycles. The minimum atomic E-state index is 0.603. The third-order valence-electron chi connectivity index (χ3n) is 2.70. The number of nitrogens with zero attached hydrogens (tertiary/aromatic N) is 2. The average molecular weight is 284 g/mol. The van der Waals surface area contributed by atoms with Gasteiger partial charge in [0.15, 0.2) is 0 Å². The summed E-state index contributed by atoms with van der Waals surface area (Å²) in [6.45, 7) is 0.709. The maximum atomic E-state index is 6.27. The first-order valence-electron chi connectivity index (χ1n) is 5.63. The van der Waals surface area contributed by atoms with Crippen LogP contribution < -0.4 is 10.2 Å². The molecular formula is C13H15Cl2N3. The van der Waals surface area contributed by atoms with Gasteiger partial charge in [0.1, 0.15) is 0 Å². The second-order valence-electron chi connectivity index (χ2n) is 4.34. The number of hydrogen-bond acceptors (Lipinski definition) is 3. The minimum absolute atomic E-state index is 0.603. The van der Waals surface area contributed by atoms with Crippen LogP contribution in [0.25, 0.3) is 10.9 Å². The molecular weight excluding hydrogens is 269 g/mol. The molecule has 0 aliphatic carbocycles. The molecule has 0 unspecified atom stereocenters. The third kappa shape index (κ3) is 2.53. The summed E-state index contributed by atoms with van der Waals surface area (Å²) >= 11 is 12.3. The Morgan fingerprint density at radius 2 is 1.94 bits per heavy atom. The van der Waals surface area contributed by atoms with Crippen molar-refractivity contribution in [2.24, 2.45) is 0 Å². The average Bonchev–Trinajstić information content (AvgIpc) is 2.27. The number of pyridine rings is 1. The van der Waals surface area contributed by atoms with Crippen LogP contribution in [0.15, 0.2) is 18.2 Å². The highest BCUT2D eigenvalue weighted by molar-refractivity contribution is 6.39. The molecule has 0 bridgehead atoms. The maximum absolute atomic E-state index is 6.27. The molecule has 0 atom stereocenters. The standard InChI is InChI=1S/C13H15Cl2N3/c1-16-7-9-6-12(18(2)3)13-10(15)4-8(14)5-11(13)17-9/h4-6,16H,7H2,1-3H3. The SMILES string of the molecule is CNCc1cc(N(C)C)c2c(Cl)cc(Cl)cc2n1. The molecule has 0 spiro atoms. The van der Waals surface area contributed by atoms with Crippen molar-refractivity contribution in [1.82, 2.24) is 10.3 Å². The fraction of sp³-hybridized carbons (Fsp3) is 0.308. The Morgan fingerprint density at radius 1 is 1.22 bits per heavy atom. The molecule has 0 aliphatic heterocycles. The molecule has 3 nitrogen and oxygen atoms in total. The molecule has 0 saturated carbocycles. The Morgan fingerprint density at radius 3 is 2.56 bits per heavy atom. The van der Waals surface area contributed by atoms with E-state index in [1.807, 2.05) is 38.2 Å². The van der Waals surface area contributed by atoms with E-state index in [-0.39, 0.29) is 0 Å². The molecule has 96 valence electrons. The van der Waals surface area contributed by atoms with Crippen LogP contribution in [0.2, 0.25) is 10.0 Å². The lowest BCUT2D eigenvalue weighted by molar-refractivity contribution is 0.795. The number of hydrogen-bond donors (Lipinski definition) is 1. The quantitative estimate of drug-likeness (QED) is 0.937. The van der Waals surface area contributed by atoms with Gasteiger partial charge in [0.25, 0.3) is 0 Å². The third-order valence-corrected chi connectivity index (χ3v) is 3.21. The second-order valence-corrected chi connectivity index (χ2v) is 5.18. The van der Waals surface area contributed by atoms with E-state index in [4.69, 9.17) is 23.2 Å². The van der Waals surface area contributed by atoms with Crippen LogP contribution in [0.5, 0.6) is 0 Å². The molecule has 0 radical (unpaired) electrons. The van der Waals surface area contributed by atoms with Gasteiger partial charge in [0.05, 0.1) is 16.2 Å². The van der Waals surface area contributed by atoms with Gasteiger partial charge in [-0.2, -0.15) is 0 Å². The van der Waals surface area contributed by atoms with Crippen LogP contribution >= 0.6 is 23.2 Å². The van der Waals surface area contributed by atoms with Crippen molar-refractivity contribution in [1.29, 1.82) is 0 Å². The molecule has 0 aliphatic rings. The molecule has 2 aromatic rings. The van der Waals surface area contributed by atoms with E-state index in [0.717, 1.165) is 22.3 Å². The first-order valence-corrected chi connectivity index (χ1v) is 6.39. The Hall–Kier alpha value is -1.03. The molecule has 0 fully saturated rings. The van der Waals surface area contributed by atoms with Gasteiger partial charge < -0.3 is 10.2 Å². The summed E-state index contributed by atoms with van der Waals surface area (Å²) in [7, 11) is 5.87. The van der Waals surface area contributed by atoms with E-state index >= 15 is 0 Å². The molecule has 18 heavy (non-hydrogen) atoms. The zero-order valence-corrected chi connectivity index (χ0v) is 12.1. The Kier molecular flexibility index (Phi) is 3.95. The monoisotopic (exact) mass is 283 g/mol. The summed E-state index contributed by atoms with van der Waals surface area (Å²) < 4.78 is 0. The molecule has 5 heteroatoms. The number of fused-ring (bicyclic) bond motifs is 1. The minimum Gasteiger partial charge on any atom is -0.377 e. The zero-order valence-electron chi connectivity index (χ0n) is 10.6. The highest BCUT2D eigenvalue weighted by Gasteiger charge is 2.11. The van der Waals surface area contributed by atoms with E-state index in [1.54, 1.807) is 6.07 Å². The summed E-state index contributed by atoms with van der Waals surface area (Å²) in [6, 6.07) is 5.63. The topological polar surface area (TPSA) is 28.2 Å². The number of aromatic nitrogens is 1. The number of nitrogens with one attached hydrogen (secondary N) is 1. The Labute approximate surface area is 117 Å². The second kappa shape index (κ2) is 5.31. The number of rotatable bonds is 3. The molecule has 1 N–H and O–H groups in total. The van der Waals surface area contributed by atoms with Crippen molar-refractivity contribution >= 4 is 39.8 Å². The normalized spacial score (nSPS) is 10.9. The van der Waals surface area contributed by atoms with Gasteiger partial charge in [0.2, 0.25) is 0 Å². The Bertz CT molecular complexity index is 582. The molecule has 0 amide bonds. The van der Waals surface area contributed by atoms with Gasteiger partial charge in [-0.05, 0) is 25.2 Å². The van der Waals surface area contributed by atoms with Crippen LogP contribution in [0.1, 0.15) is 5.69 Å². The van der Waals surface area contributed by atoms with E-state index in [0.29, 0.717) is 16.6 Å². The smallest absolute Gasteiger partial charge is 0.0756 e. The van der Waals surface area contributed by atoms with E-state index < -0.39 is 0 Å². The summed E-state index contributed by atoms with van der Waals surface area (Å²) in [4.78, 5) is 6.60.